The standard InChI is InChI=1S/C28H22O7/c29-13-3-1-12(2-4-13)23-24-18(7-15(31)10-21(24)34)28-25-19(8-16(32)11-22(25)35)27(23)26(28)17-6-5-14(30)9-20(17)33/h1-11,23,26-35H/t23-,26-,27+,28+/m0/s1. The largest absolute Gasteiger partial charge is 0.508 e. The summed E-state index contributed by atoms with van der Waals surface area (Å²) in [5.41, 5.74) is 3.61. The topological polar surface area (TPSA) is 142 Å². The lowest BCUT2D eigenvalue weighted by Gasteiger charge is -2.40. The maximum absolute atomic E-state index is 11.0. The number of phenolic OH excluding ortho intramolecular Hbond substituents is 7. The first-order valence-electron chi connectivity index (χ1n) is 11.2. The molecule has 0 aliphatic heterocycles. The van der Waals surface area contributed by atoms with Crippen LogP contribution < -0.4 is 0 Å². The van der Waals surface area contributed by atoms with Crippen LogP contribution in [0.5, 0.6) is 40.2 Å². The van der Waals surface area contributed by atoms with Crippen LogP contribution in [0.25, 0.3) is 0 Å². The average molecular weight is 470 g/mol. The van der Waals surface area contributed by atoms with Crippen LogP contribution in [0.4, 0.5) is 0 Å². The molecule has 4 aromatic rings. The van der Waals surface area contributed by atoms with E-state index >= 15 is 0 Å². The molecule has 7 nitrogen and oxygen atoms in total. The van der Waals surface area contributed by atoms with Crippen LogP contribution in [0.1, 0.15) is 57.1 Å². The van der Waals surface area contributed by atoms with Gasteiger partial charge in [-0.05, 0) is 52.6 Å². The Kier molecular flexibility index (Phi) is 4.35. The van der Waals surface area contributed by atoms with E-state index in [0.29, 0.717) is 27.8 Å². The Morgan fingerprint density at radius 1 is 0.400 bits per heavy atom. The van der Waals surface area contributed by atoms with E-state index in [1.165, 1.54) is 24.3 Å². The van der Waals surface area contributed by atoms with Crippen LogP contribution in [0.15, 0.2) is 66.7 Å². The quantitative estimate of drug-likeness (QED) is 0.223. The minimum absolute atomic E-state index is 0.0763. The van der Waals surface area contributed by atoms with Crippen LogP contribution in [0.2, 0.25) is 0 Å². The Morgan fingerprint density at radius 3 is 1.54 bits per heavy atom. The fraction of sp³-hybridized carbons (Fsp3) is 0.143. The van der Waals surface area contributed by atoms with Gasteiger partial charge in [-0.1, -0.05) is 18.2 Å². The van der Waals surface area contributed by atoms with Crippen molar-refractivity contribution in [2.45, 2.75) is 23.7 Å². The van der Waals surface area contributed by atoms with Crippen molar-refractivity contribution in [2.75, 3.05) is 0 Å². The third kappa shape index (κ3) is 2.98. The molecule has 6 rings (SSSR count). The van der Waals surface area contributed by atoms with Gasteiger partial charge in [-0.2, -0.15) is 0 Å². The van der Waals surface area contributed by atoms with Crippen molar-refractivity contribution in [3.05, 3.63) is 100 Å². The summed E-state index contributed by atoms with van der Waals surface area (Å²) in [5.74, 6) is -2.65. The van der Waals surface area contributed by atoms with Gasteiger partial charge in [-0.15, -0.1) is 0 Å². The zero-order valence-corrected chi connectivity index (χ0v) is 18.3. The molecule has 7 N–H and O–H groups in total. The number of phenols is 7. The van der Waals surface area contributed by atoms with Crippen molar-refractivity contribution in [3.8, 4) is 40.2 Å². The summed E-state index contributed by atoms with van der Waals surface area (Å²) in [6.45, 7) is 0. The van der Waals surface area contributed by atoms with Gasteiger partial charge in [-0.3, -0.25) is 0 Å². The highest BCUT2D eigenvalue weighted by Gasteiger charge is 2.54. The highest BCUT2D eigenvalue weighted by Crippen LogP contribution is 2.69. The minimum Gasteiger partial charge on any atom is -0.508 e. The number of rotatable bonds is 2. The Bertz CT molecular complexity index is 1490. The fourth-order valence-electron chi connectivity index (χ4n) is 6.24. The van der Waals surface area contributed by atoms with E-state index in [2.05, 4.69) is 0 Å². The van der Waals surface area contributed by atoms with Crippen LogP contribution in [-0.4, -0.2) is 35.7 Å². The first-order valence-corrected chi connectivity index (χ1v) is 11.2. The second-order valence-electron chi connectivity index (χ2n) is 9.28. The number of benzene rings is 4. The van der Waals surface area contributed by atoms with Gasteiger partial charge in [0.05, 0.1) is 0 Å². The molecule has 0 heterocycles. The molecule has 0 unspecified atom stereocenters. The second-order valence-corrected chi connectivity index (χ2v) is 9.28. The van der Waals surface area contributed by atoms with E-state index in [-0.39, 0.29) is 40.2 Å². The van der Waals surface area contributed by atoms with Crippen molar-refractivity contribution < 1.29 is 35.7 Å². The predicted octanol–water partition coefficient (Wildman–Crippen LogP) is 4.78. The van der Waals surface area contributed by atoms with Crippen LogP contribution in [0, 0.1) is 0 Å². The third-order valence-electron chi connectivity index (χ3n) is 7.40. The predicted molar refractivity (Wildman–Crippen MR) is 127 cm³/mol. The van der Waals surface area contributed by atoms with Crippen LogP contribution in [-0.2, 0) is 0 Å². The lowest BCUT2D eigenvalue weighted by atomic mass is 9.62. The molecule has 0 spiro atoms. The molecule has 35 heavy (non-hydrogen) atoms. The average Bonchev–Trinajstić information content (AvgIpc) is 3.04. The molecule has 4 atom stereocenters. The zero-order chi connectivity index (χ0) is 24.6. The van der Waals surface area contributed by atoms with Gasteiger partial charge in [0.2, 0.25) is 0 Å². The van der Waals surface area contributed by atoms with Crippen LogP contribution in [0.3, 0.4) is 0 Å². The number of aromatic hydroxyl groups is 7. The number of hydrogen-bond donors (Lipinski definition) is 7. The molecule has 0 amide bonds. The van der Waals surface area contributed by atoms with Gasteiger partial charge >= 0.3 is 0 Å². The van der Waals surface area contributed by atoms with Gasteiger partial charge in [0.1, 0.15) is 40.2 Å². The number of fused-ring (bicyclic) bond motifs is 7. The Morgan fingerprint density at radius 2 is 0.914 bits per heavy atom. The third-order valence-corrected chi connectivity index (χ3v) is 7.40. The van der Waals surface area contributed by atoms with Crippen molar-refractivity contribution in [1.82, 2.24) is 0 Å². The molecule has 4 aromatic carbocycles. The summed E-state index contributed by atoms with van der Waals surface area (Å²) in [6.07, 6.45) is 0. The molecule has 0 fully saturated rings. The molecule has 7 heteroatoms. The SMILES string of the molecule is Oc1ccc([C@H]2c3c(O)cc(O)cc3[C@@H]3c4c(O)cc(O)cc4[C@H]2[C@@H]3c2ccc(O)cc2O)cc1. The van der Waals surface area contributed by atoms with Gasteiger partial charge in [0.15, 0.2) is 0 Å². The van der Waals surface area contributed by atoms with Crippen LogP contribution >= 0.6 is 0 Å². The smallest absolute Gasteiger partial charge is 0.123 e. The van der Waals surface area contributed by atoms with Crippen molar-refractivity contribution in [1.29, 1.82) is 0 Å². The molecule has 0 radical (unpaired) electrons. The monoisotopic (exact) mass is 470 g/mol. The van der Waals surface area contributed by atoms with Gasteiger partial charge < -0.3 is 35.7 Å². The summed E-state index contributed by atoms with van der Waals surface area (Å²) in [7, 11) is 0. The Balaban J connectivity index is 1.74. The zero-order valence-electron chi connectivity index (χ0n) is 18.3. The maximum atomic E-state index is 11.0. The summed E-state index contributed by atoms with van der Waals surface area (Å²) in [6, 6.07) is 16.6. The van der Waals surface area contributed by atoms with Gasteiger partial charge in [-0.25, -0.2) is 0 Å². The van der Waals surface area contributed by atoms with E-state index in [4.69, 9.17) is 0 Å². The lowest BCUT2D eigenvalue weighted by Crippen LogP contribution is -2.26. The highest BCUT2D eigenvalue weighted by molar-refractivity contribution is 5.69. The van der Waals surface area contributed by atoms with Crippen molar-refractivity contribution in [3.63, 3.8) is 0 Å². The second kappa shape index (κ2) is 7.24. The van der Waals surface area contributed by atoms with E-state index in [9.17, 15) is 35.7 Å². The summed E-state index contributed by atoms with van der Waals surface area (Å²) < 4.78 is 0. The van der Waals surface area contributed by atoms with Gasteiger partial charge in [0.25, 0.3) is 0 Å². The fourth-order valence-corrected chi connectivity index (χ4v) is 6.24. The Hall–Kier alpha value is -4.52. The maximum Gasteiger partial charge on any atom is 0.123 e. The highest BCUT2D eigenvalue weighted by atomic mass is 16.3. The molecule has 0 aromatic heterocycles. The number of hydrogen-bond acceptors (Lipinski definition) is 7. The summed E-state index contributed by atoms with van der Waals surface area (Å²) in [4.78, 5) is 0. The van der Waals surface area contributed by atoms with Crippen molar-refractivity contribution in [2.24, 2.45) is 0 Å². The molecule has 176 valence electrons. The first kappa shape index (κ1) is 21.0. The Labute approximate surface area is 200 Å². The molecule has 2 aliphatic rings. The van der Waals surface area contributed by atoms with E-state index in [1.54, 1.807) is 42.5 Å². The summed E-state index contributed by atoms with van der Waals surface area (Å²) in [5, 5.41) is 73.5. The van der Waals surface area contributed by atoms with E-state index in [0.717, 1.165) is 5.56 Å². The molecular formula is C28H22O7. The summed E-state index contributed by atoms with van der Waals surface area (Å²) >= 11 is 0. The van der Waals surface area contributed by atoms with Gasteiger partial charge in [0, 0.05) is 53.0 Å². The molecule has 0 saturated heterocycles. The van der Waals surface area contributed by atoms with Crippen molar-refractivity contribution >= 4 is 0 Å². The lowest BCUT2D eigenvalue weighted by molar-refractivity contribution is 0.393. The molecular weight excluding hydrogens is 448 g/mol. The first-order chi connectivity index (χ1) is 16.7. The molecule has 2 aliphatic carbocycles. The molecule has 2 bridgehead atoms. The minimum atomic E-state index is -0.563. The van der Waals surface area contributed by atoms with E-state index < -0.39 is 23.7 Å². The van der Waals surface area contributed by atoms with E-state index in [1.807, 2.05) is 0 Å². The normalized spacial score (nSPS) is 21.9. The molecule has 0 saturated carbocycles.